The van der Waals surface area contributed by atoms with Crippen molar-refractivity contribution in [3.05, 3.63) is 0 Å². The molecule has 1 aliphatic heterocycles. The van der Waals surface area contributed by atoms with Crippen LogP contribution in [0.25, 0.3) is 0 Å². The summed E-state index contributed by atoms with van der Waals surface area (Å²) >= 11 is 1.81. The highest BCUT2D eigenvalue weighted by atomic mass is 32.2. The molecule has 0 aromatic rings. The standard InChI is InChI=1S/C12H24N2O2S/c1-10(8-17-2)7-14-11(15)12(9-13)3-5-16-6-4-12/h10H,3-9,13H2,1-2H3,(H,14,15). The highest BCUT2D eigenvalue weighted by molar-refractivity contribution is 7.98. The van der Waals surface area contributed by atoms with E-state index in [1.807, 2.05) is 0 Å². The van der Waals surface area contributed by atoms with Crippen LogP contribution >= 0.6 is 11.8 Å². The third kappa shape index (κ3) is 4.16. The van der Waals surface area contributed by atoms with Gasteiger partial charge in [-0.15, -0.1) is 0 Å². The Morgan fingerprint density at radius 3 is 2.71 bits per heavy atom. The van der Waals surface area contributed by atoms with Crippen molar-refractivity contribution in [1.29, 1.82) is 0 Å². The highest BCUT2D eigenvalue weighted by Gasteiger charge is 2.38. The van der Waals surface area contributed by atoms with Crippen molar-refractivity contribution >= 4 is 17.7 Å². The largest absolute Gasteiger partial charge is 0.381 e. The summed E-state index contributed by atoms with van der Waals surface area (Å²) in [4.78, 5) is 12.2. The summed E-state index contributed by atoms with van der Waals surface area (Å²) in [7, 11) is 0. The molecule has 1 atom stereocenters. The lowest BCUT2D eigenvalue weighted by atomic mass is 9.79. The van der Waals surface area contributed by atoms with Crippen LogP contribution in [0.3, 0.4) is 0 Å². The SMILES string of the molecule is CSCC(C)CNC(=O)C1(CN)CCOCC1. The predicted octanol–water partition coefficient (Wildman–Crippen LogP) is 0.857. The number of carbonyl (C=O) groups excluding carboxylic acids is 1. The first-order chi connectivity index (χ1) is 8.14. The average molecular weight is 260 g/mol. The van der Waals surface area contributed by atoms with E-state index in [0.29, 0.717) is 25.7 Å². The van der Waals surface area contributed by atoms with Crippen molar-refractivity contribution in [3.63, 3.8) is 0 Å². The van der Waals surface area contributed by atoms with Gasteiger partial charge in [0.2, 0.25) is 5.91 Å². The fraction of sp³-hybridized carbons (Fsp3) is 0.917. The molecule has 0 spiro atoms. The van der Waals surface area contributed by atoms with Crippen LogP contribution in [0.15, 0.2) is 0 Å². The molecule has 1 heterocycles. The third-order valence-electron chi connectivity index (χ3n) is 3.38. The summed E-state index contributed by atoms with van der Waals surface area (Å²) in [5, 5.41) is 3.04. The molecule has 0 aliphatic carbocycles. The summed E-state index contributed by atoms with van der Waals surface area (Å²) in [6.45, 7) is 4.59. The van der Waals surface area contributed by atoms with Crippen molar-refractivity contribution in [1.82, 2.24) is 5.32 Å². The van der Waals surface area contributed by atoms with E-state index in [4.69, 9.17) is 10.5 Å². The normalized spacial score (nSPS) is 20.9. The van der Waals surface area contributed by atoms with Gasteiger partial charge in [0.15, 0.2) is 0 Å². The molecule has 1 unspecified atom stereocenters. The molecule has 0 saturated carbocycles. The van der Waals surface area contributed by atoms with Gasteiger partial charge in [0.25, 0.3) is 0 Å². The van der Waals surface area contributed by atoms with Crippen LogP contribution in [-0.2, 0) is 9.53 Å². The van der Waals surface area contributed by atoms with Gasteiger partial charge in [0.1, 0.15) is 0 Å². The monoisotopic (exact) mass is 260 g/mol. The van der Waals surface area contributed by atoms with E-state index in [9.17, 15) is 4.79 Å². The topological polar surface area (TPSA) is 64.4 Å². The second-order valence-corrected chi connectivity index (χ2v) is 5.78. The van der Waals surface area contributed by atoms with E-state index in [0.717, 1.165) is 25.1 Å². The van der Waals surface area contributed by atoms with Crippen LogP contribution < -0.4 is 11.1 Å². The first-order valence-electron chi connectivity index (χ1n) is 6.19. The molecule has 0 aromatic carbocycles. The van der Waals surface area contributed by atoms with Gasteiger partial charge >= 0.3 is 0 Å². The molecule has 17 heavy (non-hydrogen) atoms. The van der Waals surface area contributed by atoms with Gasteiger partial charge < -0.3 is 15.8 Å². The lowest BCUT2D eigenvalue weighted by Gasteiger charge is -2.34. The first-order valence-corrected chi connectivity index (χ1v) is 7.59. The van der Waals surface area contributed by atoms with Gasteiger partial charge in [-0.25, -0.2) is 0 Å². The number of rotatable bonds is 6. The molecule has 1 rings (SSSR count). The summed E-state index contributed by atoms with van der Waals surface area (Å²) in [5.41, 5.74) is 5.39. The summed E-state index contributed by atoms with van der Waals surface area (Å²) < 4.78 is 5.30. The molecule has 0 aromatic heterocycles. The second kappa shape index (κ2) is 7.24. The summed E-state index contributed by atoms with van der Waals surface area (Å²) in [6, 6.07) is 0. The van der Waals surface area contributed by atoms with Gasteiger partial charge in [-0.3, -0.25) is 4.79 Å². The predicted molar refractivity (Wildman–Crippen MR) is 72.1 cm³/mol. The Kier molecular flexibility index (Phi) is 6.30. The Balaban J connectivity index is 2.43. The van der Waals surface area contributed by atoms with Crippen molar-refractivity contribution in [2.45, 2.75) is 19.8 Å². The minimum Gasteiger partial charge on any atom is -0.381 e. The van der Waals surface area contributed by atoms with Gasteiger partial charge in [-0.05, 0) is 30.8 Å². The zero-order chi connectivity index (χ0) is 12.7. The van der Waals surface area contributed by atoms with Crippen LogP contribution in [0, 0.1) is 11.3 Å². The maximum absolute atomic E-state index is 12.2. The molecule has 100 valence electrons. The molecule has 0 radical (unpaired) electrons. The molecule has 4 nitrogen and oxygen atoms in total. The highest BCUT2D eigenvalue weighted by Crippen LogP contribution is 2.29. The Labute approximate surface area is 108 Å². The molecule has 3 N–H and O–H groups in total. The van der Waals surface area contributed by atoms with Gasteiger partial charge in [0.05, 0.1) is 5.41 Å². The molecule has 1 aliphatic rings. The minimum absolute atomic E-state index is 0.108. The van der Waals surface area contributed by atoms with Crippen LogP contribution in [0.4, 0.5) is 0 Å². The zero-order valence-corrected chi connectivity index (χ0v) is 11.6. The molecule has 1 saturated heterocycles. The van der Waals surface area contributed by atoms with E-state index in [2.05, 4.69) is 18.5 Å². The van der Waals surface area contributed by atoms with Crippen LogP contribution in [0.1, 0.15) is 19.8 Å². The number of ether oxygens (including phenoxy) is 1. The lowest BCUT2D eigenvalue weighted by Crippen LogP contribution is -2.50. The van der Waals surface area contributed by atoms with Crippen molar-refractivity contribution in [2.24, 2.45) is 17.1 Å². The van der Waals surface area contributed by atoms with E-state index in [1.165, 1.54) is 0 Å². The number of hydrogen-bond acceptors (Lipinski definition) is 4. The van der Waals surface area contributed by atoms with Crippen molar-refractivity contribution < 1.29 is 9.53 Å². The molecule has 1 fully saturated rings. The number of nitrogens with two attached hydrogens (primary N) is 1. The maximum Gasteiger partial charge on any atom is 0.227 e. The Morgan fingerprint density at radius 2 is 2.18 bits per heavy atom. The van der Waals surface area contributed by atoms with Crippen molar-refractivity contribution in [2.75, 3.05) is 38.3 Å². The molecular weight excluding hydrogens is 236 g/mol. The number of amides is 1. The fourth-order valence-electron chi connectivity index (χ4n) is 2.08. The van der Waals surface area contributed by atoms with Gasteiger partial charge in [-0.1, -0.05) is 6.92 Å². The number of nitrogens with one attached hydrogen (secondary N) is 1. The van der Waals surface area contributed by atoms with Gasteiger partial charge in [-0.2, -0.15) is 11.8 Å². The Hall–Kier alpha value is -0.260. The summed E-state index contributed by atoms with van der Waals surface area (Å²) in [6.07, 6.45) is 3.57. The Morgan fingerprint density at radius 1 is 1.53 bits per heavy atom. The van der Waals surface area contributed by atoms with Crippen LogP contribution in [0.2, 0.25) is 0 Å². The molecule has 0 bridgehead atoms. The number of carbonyl (C=O) groups is 1. The Bertz CT molecular complexity index is 243. The summed E-state index contributed by atoms with van der Waals surface area (Å²) in [5.74, 6) is 1.68. The fourth-order valence-corrected chi connectivity index (χ4v) is 2.77. The van der Waals surface area contributed by atoms with Gasteiger partial charge in [0, 0.05) is 26.3 Å². The third-order valence-corrected chi connectivity index (χ3v) is 4.29. The van der Waals surface area contributed by atoms with E-state index in [1.54, 1.807) is 11.8 Å². The van der Waals surface area contributed by atoms with E-state index < -0.39 is 5.41 Å². The lowest BCUT2D eigenvalue weighted by molar-refractivity contribution is -0.136. The molecular formula is C12H24N2O2S. The molecule has 5 heteroatoms. The number of thioether (sulfide) groups is 1. The first kappa shape index (κ1) is 14.8. The quantitative estimate of drug-likeness (QED) is 0.743. The zero-order valence-electron chi connectivity index (χ0n) is 10.8. The van der Waals surface area contributed by atoms with E-state index >= 15 is 0 Å². The number of hydrogen-bond donors (Lipinski definition) is 2. The van der Waals surface area contributed by atoms with Crippen LogP contribution in [0.5, 0.6) is 0 Å². The smallest absolute Gasteiger partial charge is 0.227 e. The molecule has 1 amide bonds. The van der Waals surface area contributed by atoms with E-state index in [-0.39, 0.29) is 5.91 Å². The maximum atomic E-state index is 12.2. The second-order valence-electron chi connectivity index (χ2n) is 4.87. The average Bonchev–Trinajstić information content (AvgIpc) is 2.37. The van der Waals surface area contributed by atoms with Crippen LogP contribution in [-0.4, -0.2) is 44.2 Å². The van der Waals surface area contributed by atoms with Crippen molar-refractivity contribution in [3.8, 4) is 0 Å². The minimum atomic E-state index is -0.392.